The van der Waals surface area contributed by atoms with Gasteiger partial charge in [-0.3, -0.25) is 0 Å². The lowest BCUT2D eigenvalue weighted by molar-refractivity contribution is 0.537. The number of anilines is 1. The zero-order valence-corrected chi connectivity index (χ0v) is 11.3. The lowest BCUT2D eigenvalue weighted by atomic mass is 10.3. The molecule has 0 aliphatic heterocycles. The van der Waals surface area contributed by atoms with E-state index in [0.717, 1.165) is 11.1 Å². The zero-order chi connectivity index (χ0) is 12.5. The molecule has 0 saturated carbocycles. The smallest absolute Gasteiger partial charge is 0.226 e. The molecule has 0 aliphatic rings. The number of hydrogen-bond donors (Lipinski definition) is 2. The molecule has 0 fully saturated rings. The van der Waals surface area contributed by atoms with Gasteiger partial charge in [-0.1, -0.05) is 0 Å². The van der Waals surface area contributed by atoms with Crippen LogP contribution in [0.15, 0.2) is 27.7 Å². The number of nitrogens with one attached hydrogen (secondary N) is 2. The number of rotatable bonds is 3. The third-order valence-electron chi connectivity index (χ3n) is 2.40. The summed E-state index contributed by atoms with van der Waals surface area (Å²) < 4.78 is 5.84. The Kier molecular flexibility index (Phi) is 2.92. The Morgan fingerprint density at radius 2 is 2.33 bits per heavy atom. The molecule has 3 aromatic heterocycles. The Hall–Kier alpha value is -1.60. The first kappa shape index (κ1) is 11.5. The van der Waals surface area contributed by atoms with Crippen molar-refractivity contribution in [2.24, 2.45) is 0 Å². The Morgan fingerprint density at radius 3 is 3.11 bits per heavy atom. The van der Waals surface area contributed by atoms with Crippen molar-refractivity contribution in [3.63, 3.8) is 0 Å². The average Bonchev–Trinajstić information content (AvgIpc) is 2.94. The first-order valence-electron chi connectivity index (χ1n) is 5.06. The normalized spacial score (nSPS) is 11.0. The van der Waals surface area contributed by atoms with Gasteiger partial charge in [0.25, 0.3) is 0 Å². The van der Waals surface area contributed by atoms with Gasteiger partial charge in [0.05, 0.1) is 12.6 Å². The third-order valence-corrected chi connectivity index (χ3v) is 3.26. The van der Waals surface area contributed by atoms with Gasteiger partial charge in [-0.15, -0.1) is 0 Å². The highest BCUT2D eigenvalue weighted by molar-refractivity contribution is 9.10. The standard InChI is InChI=1S/C10H7BrClN5O/c11-7-5(1-2-18-7)3-13-8-6-9(15-4-14-6)17-10(12)16-8/h1-2,4H,3H2,(H2,13,14,15,16,17). The summed E-state index contributed by atoms with van der Waals surface area (Å²) in [5.41, 5.74) is 2.24. The van der Waals surface area contributed by atoms with Crippen molar-refractivity contribution in [2.45, 2.75) is 6.54 Å². The SMILES string of the molecule is Clc1nc(NCc2ccoc2Br)c2[nH]cnc2n1. The van der Waals surface area contributed by atoms with Crippen LogP contribution in [0.25, 0.3) is 11.2 Å². The van der Waals surface area contributed by atoms with Crippen molar-refractivity contribution >= 4 is 44.5 Å². The molecule has 0 atom stereocenters. The molecule has 0 aliphatic carbocycles. The van der Waals surface area contributed by atoms with Crippen molar-refractivity contribution < 1.29 is 4.42 Å². The van der Waals surface area contributed by atoms with Crippen LogP contribution in [-0.4, -0.2) is 19.9 Å². The minimum Gasteiger partial charge on any atom is -0.457 e. The monoisotopic (exact) mass is 327 g/mol. The van der Waals surface area contributed by atoms with E-state index in [1.807, 2.05) is 6.07 Å². The number of halogens is 2. The molecule has 6 nitrogen and oxygen atoms in total. The topological polar surface area (TPSA) is 79.6 Å². The van der Waals surface area contributed by atoms with E-state index in [2.05, 4.69) is 41.2 Å². The summed E-state index contributed by atoms with van der Waals surface area (Å²) in [5.74, 6) is 0.607. The lowest BCUT2D eigenvalue weighted by Gasteiger charge is -2.05. The first-order valence-corrected chi connectivity index (χ1v) is 6.23. The number of furan rings is 1. The molecule has 3 aromatic rings. The summed E-state index contributed by atoms with van der Waals surface area (Å²) in [5, 5.41) is 3.32. The van der Waals surface area contributed by atoms with Crippen LogP contribution in [0.3, 0.4) is 0 Å². The van der Waals surface area contributed by atoms with E-state index in [1.54, 1.807) is 12.6 Å². The summed E-state index contributed by atoms with van der Waals surface area (Å²) in [6.07, 6.45) is 3.16. The molecule has 8 heteroatoms. The Labute approximate surface area is 115 Å². The number of aromatic amines is 1. The van der Waals surface area contributed by atoms with E-state index in [9.17, 15) is 0 Å². The number of fused-ring (bicyclic) bond motifs is 1. The van der Waals surface area contributed by atoms with Crippen LogP contribution in [0.2, 0.25) is 5.28 Å². The molecule has 0 spiro atoms. The van der Waals surface area contributed by atoms with Crippen LogP contribution < -0.4 is 5.32 Å². The number of aromatic nitrogens is 4. The molecule has 2 N–H and O–H groups in total. The van der Waals surface area contributed by atoms with Crippen LogP contribution >= 0.6 is 27.5 Å². The maximum atomic E-state index is 5.83. The van der Waals surface area contributed by atoms with Gasteiger partial charge in [-0.05, 0) is 33.6 Å². The van der Waals surface area contributed by atoms with Gasteiger partial charge in [0, 0.05) is 12.1 Å². The van der Waals surface area contributed by atoms with Crippen LogP contribution in [-0.2, 0) is 6.54 Å². The van der Waals surface area contributed by atoms with Crippen molar-refractivity contribution in [3.8, 4) is 0 Å². The summed E-state index contributed by atoms with van der Waals surface area (Å²) in [7, 11) is 0. The van der Waals surface area contributed by atoms with Gasteiger partial charge in [-0.2, -0.15) is 9.97 Å². The molecule has 0 bridgehead atoms. The highest BCUT2D eigenvalue weighted by atomic mass is 79.9. The van der Waals surface area contributed by atoms with E-state index in [1.165, 1.54) is 0 Å². The molecule has 92 valence electrons. The minimum absolute atomic E-state index is 0.156. The van der Waals surface area contributed by atoms with Crippen molar-refractivity contribution in [2.75, 3.05) is 5.32 Å². The van der Waals surface area contributed by atoms with Gasteiger partial charge in [-0.25, -0.2) is 4.98 Å². The van der Waals surface area contributed by atoms with Crippen LogP contribution in [0.5, 0.6) is 0 Å². The predicted molar refractivity (Wildman–Crippen MR) is 70.4 cm³/mol. The third kappa shape index (κ3) is 2.06. The van der Waals surface area contributed by atoms with E-state index in [0.29, 0.717) is 22.7 Å². The molecule has 0 saturated heterocycles. The molecule has 0 aromatic carbocycles. The Balaban J connectivity index is 1.90. The number of nitrogens with zero attached hydrogens (tertiary/aromatic N) is 3. The van der Waals surface area contributed by atoms with Gasteiger partial charge >= 0.3 is 0 Å². The lowest BCUT2D eigenvalue weighted by Crippen LogP contribution is -2.02. The fourth-order valence-electron chi connectivity index (χ4n) is 1.56. The highest BCUT2D eigenvalue weighted by Gasteiger charge is 2.09. The van der Waals surface area contributed by atoms with E-state index >= 15 is 0 Å². The van der Waals surface area contributed by atoms with Gasteiger partial charge in [0.1, 0.15) is 5.52 Å². The van der Waals surface area contributed by atoms with Crippen LogP contribution in [0.4, 0.5) is 5.82 Å². The number of H-pyrrole nitrogens is 1. The van der Waals surface area contributed by atoms with Gasteiger partial charge < -0.3 is 14.7 Å². The molecule has 3 rings (SSSR count). The predicted octanol–water partition coefficient (Wildman–Crippen LogP) is 2.97. The summed E-state index contributed by atoms with van der Waals surface area (Å²) in [6.45, 7) is 0.554. The second-order valence-corrected chi connectivity index (χ2v) is 4.57. The maximum absolute atomic E-state index is 5.83. The summed E-state index contributed by atoms with van der Waals surface area (Å²) >= 11 is 9.14. The Bertz CT molecular complexity index is 694. The van der Waals surface area contributed by atoms with Gasteiger partial charge in [0.15, 0.2) is 16.1 Å². The highest BCUT2D eigenvalue weighted by Crippen LogP contribution is 2.22. The maximum Gasteiger partial charge on any atom is 0.226 e. The van der Waals surface area contributed by atoms with Crippen molar-refractivity contribution in [1.29, 1.82) is 0 Å². The molecular weight excluding hydrogens is 322 g/mol. The van der Waals surface area contributed by atoms with Crippen LogP contribution in [0.1, 0.15) is 5.56 Å². The minimum atomic E-state index is 0.156. The average molecular weight is 329 g/mol. The fraction of sp³-hybridized carbons (Fsp3) is 0.100. The molecule has 18 heavy (non-hydrogen) atoms. The molecule has 0 amide bonds. The molecule has 3 heterocycles. The first-order chi connectivity index (χ1) is 8.74. The van der Waals surface area contributed by atoms with E-state index in [4.69, 9.17) is 16.0 Å². The number of imidazole rings is 1. The van der Waals surface area contributed by atoms with E-state index < -0.39 is 0 Å². The summed E-state index contributed by atoms with van der Waals surface area (Å²) in [6, 6.07) is 1.87. The van der Waals surface area contributed by atoms with E-state index in [-0.39, 0.29) is 5.28 Å². The number of hydrogen-bond acceptors (Lipinski definition) is 5. The Morgan fingerprint density at radius 1 is 1.44 bits per heavy atom. The van der Waals surface area contributed by atoms with Gasteiger partial charge in [0.2, 0.25) is 5.28 Å². The molecule has 0 unspecified atom stereocenters. The fourth-order valence-corrected chi connectivity index (χ4v) is 2.10. The van der Waals surface area contributed by atoms with Crippen LogP contribution in [0, 0.1) is 0 Å². The van der Waals surface area contributed by atoms with Crippen molar-refractivity contribution in [3.05, 3.63) is 34.2 Å². The molecular formula is C10H7BrClN5O. The second-order valence-electron chi connectivity index (χ2n) is 3.52. The second kappa shape index (κ2) is 4.58. The quantitative estimate of drug-likeness (QED) is 0.723. The zero-order valence-electron chi connectivity index (χ0n) is 8.94. The largest absolute Gasteiger partial charge is 0.457 e. The molecule has 0 radical (unpaired) electrons. The summed E-state index contributed by atoms with van der Waals surface area (Å²) in [4.78, 5) is 15.1. The van der Waals surface area contributed by atoms with Crippen molar-refractivity contribution in [1.82, 2.24) is 19.9 Å².